The van der Waals surface area contributed by atoms with Crippen molar-refractivity contribution < 1.29 is 4.57 Å². The fraction of sp³-hybridized carbons (Fsp3) is 0.250. The molecule has 0 unspecified atom stereocenters. The lowest BCUT2D eigenvalue weighted by Crippen LogP contribution is -2.34. The van der Waals surface area contributed by atoms with Crippen molar-refractivity contribution in [3.05, 3.63) is 42.5 Å². The van der Waals surface area contributed by atoms with E-state index in [1.165, 1.54) is 16.7 Å². The number of aryl methyl sites for hydroxylation is 1. The Balaban J connectivity index is 2.43. The first kappa shape index (κ1) is 11.9. The normalized spacial score (nSPS) is 11.1. The number of rotatable bonds is 2. The second kappa shape index (κ2) is 4.50. The van der Waals surface area contributed by atoms with Gasteiger partial charge in [-0.1, -0.05) is 12.1 Å². The minimum Gasteiger partial charge on any atom is -0.377 e. The van der Waals surface area contributed by atoms with Gasteiger partial charge in [-0.15, -0.1) is 0 Å². The summed E-state index contributed by atoms with van der Waals surface area (Å²) in [4.78, 5) is 6.87. The third-order valence-electron chi connectivity index (χ3n) is 3.50. The number of para-hydroxylation sites is 2. The fourth-order valence-electron chi connectivity index (χ4n) is 2.49. The molecule has 0 radical (unpaired) electrons. The van der Waals surface area contributed by atoms with Crippen molar-refractivity contribution in [3.63, 3.8) is 0 Å². The molecule has 0 fully saturated rings. The lowest BCUT2D eigenvalue weighted by molar-refractivity contribution is -0.641. The van der Waals surface area contributed by atoms with Gasteiger partial charge in [0.2, 0.25) is 11.0 Å². The Bertz CT molecular complexity index is 747. The lowest BCUT2D eigenvalue weighted by atomic mass is 10.2. The van der Waals surface area contributed by atoms with Crippen molar-refractivity contribution in [1.29, 1.82) is 0 Å². The average Bonchev–Trinajstić information content (AvgIpc) is 2.44. The van der Waals surface area contributed by atoms with E-state index in [2.05, 4.69) is 66.9 Å². The molecule has 0 N–H and O–H groups in total. The Morgan fingerprint density at radius 2 is 1.74 bits per heavy atom. The molecule has 3 heteroatoms. The molecule has 2 aromatic carbocycles. The van der Waals surface area contributed by atoms with Crippen LogP contribution < -0.4 is 9.47 Å². The van der Waals surface area contributed by atoms with Crippen LogP contribution in [-0.2, 0) is 6.54 Å². The fourth-order valence-corrected chi connectivity index (χ4v) is 2.49. The van der Waals surface area contributed by atoms with Gasteiger partial charge in [0, 0.05) is 31.9 Å². The molecule has 1 aromatic heterocycles. The molecular weight excluding hydrogens is 234 g/mol. The standard InChI is InChI=1S/C16H18N3/c1-4-19-15-8-6-5-7-13(15)17-14-10-9-12(18(2)3)11-16(14)19/h5-11H,4H2,1-3H3/q+1. The van der Waals surface area contributed by atoms with Gasteiger partial charge in [0.1, 0.15) is 17.6 Å². The smallest absolute Gasteiger partial charge is 0.233 e. The van der Waals surface area contributed by atoms with Crippen LogP contribution in [-0.4, -0.2) is 19.1 Å². The van der Waals surface area contributed by atoms with Crippen molar-refractivity contribution in [2.24, 2.45) is 0 Å². The molecule has 0 spiro atoms. The highest BCUT2D eigenvalue weighted by Gasteiger charge is 2.15. The van der Waals surface area contributed by atoms with Crippen LogP contribution in [0.15, 0.2) is 42.5 Å². The molecule has 0 atom stereocenters. The molecule has 0 saturated carbocycles. The van der Waals surface area contributed by atoms with Gasteiger partial charge in [-0.2, -0.15) is 4.57 Å². The minimum atomic E-state index is 0.941. The van der Waals surface area contributed by atoms with Crippen molar-refractivity contribution in [2.45, 2.75) is 13.5 Å². The maximum atomic E-state index is 4.75. The van der Waals surface area contributed by atoms with Crippen LogP contribution in [0.4, 0.5) is 5.69 Å². The summed E-state index contributed by atoms with van der Waals surface area (Å²) in [5, 5.41) is 0. The Labute approximate surface area is 113 Å². The summed E-state index contributed by atoms with van der Waals surface area (Å²) in [5.41, 5.74) is 5.67. The topological polar surface area (TPSA) is 20.0 Å². The van der Waals surface area contributed by atoms with E-state index in [9.17, 15) is 0 Å². The third-order valence-corrected chi connectivity index (χ3v) is 3.50. The van der Waals surface area contributed by atoms with Crippen LogP contribution in [0, 0.1) is 0 Å². The minimum absolute atomic E-state index is 0.941. The van der Waals surface area contributed by atoms with Crippen LogP contribution in [0.25, 0.3) is 22.1 Å². The highest BCUT2D eigenvalue weighted by atomic mass is 15.1. The summed E-state index contributed by atoms with van der Waals surface area (Å²) < 4.78 is 2.32. The molecule has 0 aliphatic heterocycles. The number of hydrogen-bond donors (Lipinski definition) is 0. The second-order valence-corrected chi connectivity index (χ2v) is 4.91. The van der Waals surface area contributed by atoms with Crippen molar-refractivity contribution in [3.8, 4) is 0 Å². The van der Waals surface area contributed by atoms with Crippen LogP contribution in [0.2, 0.25) is 0 Å². The van der Waals surface area contributed by atoms with E-state index in [1.807, 2.05) is 6.07 Å². The Morgan fingerprint density at radius 3 is 2.47 bits per heavy atom. The average molecular weight is 252 g/mol. The predicted octanol–water partition coefficient (Wildman–Crippen LogP) is 2.76. The number of nitrogens with zero attached hydrogens (tertiary/aromatic N) is 3. The first-order valence-corrected chi connectivity index (χ1v) is 6.60. The van der Waals surface area contributed by atoms with Crippen molar-refractivity contribution in [2.75, 3.05) is 19.0 Å². The summed E-state index contributed by atoms with van der Waals surface area (Å²) in [6.07, 6.45) is 0. The van der Waals surface area contributed by atoms with Gasteiger partial charge in [0.25, 0.3) is 0 Å². The van der Waals surface area contributed by atoms with E-state index in [-0.39, 0.29) is 0 Å². The number of hydrogen-bond acceptors (Lipinski definition) is 2. The molecule has 0 saturated heterocycles. The van der Waals surface area contributed by atoms with E-state index in [4.69, 9.17) is 4.98 Å². The molecular formula is C16H18N3+. The van der Waals surface area contributed by atoms with Crippen LogP contribution >= 0.6 is 0 Å². The lowest BCUT2D eigenvalue weighted by Gasteiger charge is -2.12. The quantitative estimate of drug-likeness (QED) is 0.516. The van der Waals surface area contributed by atoms with Gasteiger partial charge in [-0.3, -0.25) is 0 Å². The predicted molar refractivity (Wildman–Crippen MR) is 79.4 cm³/mol. The molecule has 1 heterocycles. The summed E-state index contributed by atoms with van der Waals surface area (Å²) in [6.45, 7) is 3.12. The Kier molecular flexibility index (Phi) is 2.82. The van der Waals surface area contributed by atoms with E-state index >= 15 is 0 Å². The van der Waals surface area contributed by atoms with Gasteiger partial charge >= 0.3 is 0 Å². The zero-order valence-corrected chi connectivity index (χ0v) is 11.6. The molecule has 96 valence electrons. The first-order valence-electron chi connectivity index (χ1n) is 6.60. The van der Waals surface area contributed by atoms with Gasteiger partial charge in [0.15, 0.2) is 0 Å². The largest absolute Gasteiger partial charge is 0.377 e. The van der Waals surface area contributed by atoms with Crippen LogP contribution in [0.1, 0.15) is 6.92 Å². The molecule has 0 aliphatic carbocycles. The monoisotopic (exact) mass is 252 g/mol. The number of anilines is 1. The molecule has 0 amide bonds. The summed E-state index contributed by atoms with van der Waals surface area (Å²) in [5.74, 6) is 0. The first-order chi connectivity index (χ1) is 9.20. The molecule has 19 heavy (non-hydrogen) atoms. The zero-order chi connectivity index (χ0) is 13.4. The van der Waals surface area contributed by atoms with Crippen LogP contribution in [0.3, 0.4) is 0 Å². The zero-order valence-electron chi connectivity index (χ0n) is 11.6. The van der Waals surface area contributed by atoms with Gasteiger partial charge in [-0.05, 0) is 25.1 Å². The highest BCUT2D eigenvalue weighted by molar-refractivity contribution is 5.83. The maximum absolute atomic E-state index is 4.75. The van der Waals surface area contributed by atoms with E-state index in [0.29, 0.717) is 0 Å². The number of aromatic nitrogens is 2. The summed E-state index contributed by atoms with van der Waals surface area (Å²) >= 11 is 0. The number of fused-ring (bicyclic) bond motifs is 2. The Morgan fingerprint density at radius 1 is 1.00 bits per heavy atom. The second-order valence-electron chi connectivity index (χ2n) is 4.91. The van der Waals surface area contributed by atoms with Gasteiger partial charge < -0.3 is 4.90 Å². The number of benzene rings is 2. The Hall–Kier alpha value is -2.16. The van der Waals surface area contributed by atoms with Crippen molar-refractivity contribution in [1.82, 2.24) is 4.98 Å². The summed E-state index contributed by atoms with van der Waals surface area (Å²) in [7, 11) is 4.12. The molecule has 3 aromatic rings. The molecule has 3 rings (SSSR count). The molecule has 0 bridgehead atoms. The third kappa shape index (κ3) is 1.91. The molecule has 0 aliphatic rings. The van der Waals surface area contributed by atoms with E-state index < -0.39 is 0 Å². The SMILES string of the molecule is CC[n+]1c2ccccc2nc2ccc(N(C)C)cc21. The van der Waals surface area contributed by atoms with Crippen LogP contribution in [0.5, 0.6) is 0 Å². The maximum Gasteiger partial charge on any atom is 0.233 e. The van der Waals surface area contributed by atoms with E-state index in [0.717, 1.165) is 17.6 Å². The van der Waals surface area contributed by atoms with Gasteiger partial charge in [-0.25, -0.2) is 4.98 Å². The highest BCUT2D eigenvalue weighted by Crippen LogP contribution is 2.19. The van der Waals surface area contributed by atoms with E-state index in [1.54, 1.807) is 0 Å². The van der Waals surface area contributed by atoms with Crippen molar-refractivity contribution >= 4 is 27.8 Å². The molecule has 3 nitrogen and oxygen atoms in total. The van der Waals surface area contributed by atoms with Gasteiger partial charge in [0.05, 0.1) is 0 Å². The summed E-state index contributed by atoms with van der Waals surface area (Å²) in [6, 6.07) is 14.7.